The van der Waals surface area contributed by atoms with E-state index in [-0.39, 0.29) is 42.3 Å². The van der Waals surface area contributed by atoms with Gasteiger partial charge in [0.05, 0.1) is 24.6 Å². The summed E-state index contributed by atoms with van der Waals surface area (Å²) in [5, 5.41) is 2.77. The van der Waals surface area contributed by atoms with Crippen LogP contribution in [0.1, 0.15) is 35.1 Å². The van der Waals surface area contributed by atoms with Gasteiger partial charge < -0.3 is 9.88 Å². The maximum Gasteiger partial charge on any atom is 0.234 e. The zero-order valence-electron chi connectivity index (χ0n) is 16.3. The van der Waals surface area contributed by atoms with Crippen LogP contribution in [0, 0.1) is 13.8 Å². The molecular formula is C19H29N3O4S. The topological polar surface area (TPSA) is 88.5 Å². The molecule has 1 amide bonds. The summed E-state index contributed by atoms with van der Waals surface area (Å²) in [5.74, 6) is -0.159. The SMILES string of the molecule is C=CCn1c(C)cc(C(=O)CN(CC)CC(=O)NC2CCS(=O)(=O)C2)c1C. The van der Waals surface area contributed by atoms with Gasteiger partial charge in [-0.15, -0.1) is 6.58 Å². The van der Waals surface area contributed by atoms with E-state index in [4.69, 9.17) is 0 Å². The van der Waals surface area contributed by atoms with Gasteiger partial charge in [0.2, 0.25) is 5.91 Å². The Morgan fingerprint density at radius 1 is 1.37 bits per heavy atom. The number of aryl methyl sites for hydroxylation is 1. The molecule has 0 saturated carbocycles. The van der Waals surface area contributed by atoms with E-state index in [1.165, 1.54) is 0 Å². The molecule has 0 radical (unpaired) electrons. The van der Waals surface area contributed by atoms with Crippen molar-refractivity contribution in [2.24, 2.45) is 0 Å². The van der Waals surface area contributed by atoms with Crippen LogP contribution in [0.25, 0.3) is 0 Å². The molecule has 0 spiro atoms. The monoisotopic (exact) mass is 395 g/mol. The van der Waals surface area contributed by atoms with E-state index in [1.807, 2.05) is 31.4 Å². The first-order chi connectivity index (χ1) is 12.7. The van der Waals surface area contributed by atoms with Crippen molar-refractivity contribution in [3.63, 3.8) is 0 Å². The summed E-state index contributed by atoms with van der Waals surface area (Å²) >= 11 is 0. The summed E-state index contributed by atoms with van der Waals surface area (Å²) in [7, 11) is -3.03. The predicted octanol–water partition coefficient (Wildman–Crippen LogP) is 1.10. The van der Waals surface area contributed by atoms with Crippen molar-refractivity contribution in [2.45, 2.75) is 39.8 Å². The number of ketones is 1. The number of rotatable bonds is 9. The van der Waals surface area contributed by atoms with Crippen molar-refractivity contribution in [3.05, 3.63) is 35.7 Å². The van der Waals surface area contributed by atoms with Crippen molar-refractivity contribution >= 4 is 21.5 Å². The van der Waals surface area contributed by atoms with Gasteiger partial charge >= 0.3 is 0 Å². The third-order valence-corrected chi connectivity index (χ3v) is 6.73. The maximum absolute atomic E-state index is 12.7. The van der Waals surface area contributed by atoms with Gasteiger partial charge in [0, 0.05) is 29.5 Å². The molecule has 1 N–H and O–H groups in total. The number of nitrogens with one attached hydrogen (secondary N) is 1. The van der Waals surface area contributed by atoms with Gasteiger partial charge in [-0.25, -0.2) is 8.42 Å². The lowest BCUT2D eigenvalue weighted by Crippen LogP contribution is -2.44. The molecule has 1 aromatic rings. The molecule has 1 saturated heterocycles. The van der Waals surface area contributed by atoms with Crippen molar-refractivity contribution < 1.29 is 18.0 Å². The number of Topliss-reactive ketones (excluding diaryl/α,β-unsaturated/α-hetero) is 1. The van der Waals surface area contributed by atoms with Gasteiger partial charge in [0.1, 0.15) is 0 Å². The fourth-order valence-electron chi connectivity index (χ4n) is 3.45. The van der Waals surface area contributed by atoms with Gasteiger partial charge in [-0.05, 0) is 32.9 Å². The lowest BCUT2D eigenvalue weighted by Gasteiger charge is -2.20. The average Bonchev–Trinajstić information content (AvgIpc) is 3.07. The highest BCUT2D eigenvalue weighted by Crippen LogP contribution is 2.16. The van der Waals surface area contributed by atoms with Gasteiger partial charge in [-0.3, -0.25) is 14.5 Å². The summed E-state index contributed by atoms with van der Waals surface area (Å²) in [6, 6.07) is 1.55. The van der Waals surface area contributed by atoms with Crippen LogP contribution in [-0.2, 0) is 21.2 Å². The molecule has 1 aromatic heterocycles. The zero-order chi connectivity index (χ0) is 20.2. The van der Waals surface area contributed by atoms with E-state index < -0.39 is 9.84 Å². The molecule has 0 aliphatic carbocycles. The molecule has 2 heterocycles. The zero-order valence-corrected chi connectivity index (χ0v) is 17.1. The molecular weight excluding hydrogens is 366 g/mol. The van der Waals surface area contributed by atoms with Gasteiger partial charge in [0.25, 0.3) is 0 Å². The number of carbonyl (C=O) groups is 2. The van der Waals surface area contributed by atoms with Crippen LogP contribution in [0.2, 0.25) is 0 Å². The summed E-state index contributed by atoms with van der Waals surface area (Å²) < 4.78 is 25.0. The second-order valence-electron chi connectivity index (χ2n) is 7.08. The Labute approximate surface area is 161 Å². The molecule has 0 bridgehead atoms. The molecule has 8 heteroatoms. The minimum Gasteiger partial charge on any atom is -0.351 e. The largest absolute Gasteiger partial charge is 0.351 e. The van der Waals surface area contributed by atoms with Gasteiger partial charge in [-0.1, -0.05) is 13.0 Å². The predicted molar refractivity (Wildman–Crippen MR) is 106 cm³/mol. The Kier molecular flexibility index (Phi) is 7.00. The quantitative estimate of drug-likeness (QED) is 0.500. The number of carbonyl (C=O) groups excluding carboxylic acids is 2. The highest BCUT2D eigenvalue weighted by atomic mass is 32.2. The standard InChI is InChI=1S/C19H29N3O4S/c1-5-8-22-14(3)10-17(15(22)4)18(23)11-21(6-2)12-19(24)20-16-7-9-27(25,26)13-16/h5,10,16H,1,6-9,11-13H2,2-4H3,(H,20,24). The van der Waals surface area contributed by atoms with Crippen molar-refractivity contribution in [2.75, 3.05) is 31.1 Å². The Bertz CT molecular complexity index is 826. The molecule has 0 aromatic carbocycles. The highest BCUT2D eigenvalue weighted by molar-refractivity contribution is 7.91. The molecule has 1 atom stereocenters. The molecule has 27 heavy (non-hydrogen) atoms. The van der Waals surface area contributed by atoms with E-state index in [0.29, 0.717) is 25.1 Å². The molecule has 1 aliphatic heterocycles. The van der Waals surface area contributed by atoms with Crippen LogP contribution in [0.3, 0.4) is 0 Å². The maximum atomic E-state index is 12.7. The molecule has 1 aliphatic rings. The number of hydrogen-bond donors (Lipinski definition) is 1. The number of amides is 1. The Balaban J connectivity index is 1.96. The fraction of sp³-hybridized carbons (Fsp3) is 0.579. The molecule has 1 unspecified atom stereocenters. The number of nitrogens with zero attached hydrogens (tertiary/aromatic N) is 2. The number of allylic oxidation sites excluding steroid dienone is 1. The lowest BCUT2D eigenvalue weighted by atomic mass is 10.1. The van der Waals surface area contributed by atoms with Crippen molar-refractivity contribution in [1.82, 2.24) is 14.8 Å². The third-order valence-electron chi connectivity index (χ3n) is 4.96. The number of hydrogen-bond acceptors (Lipinski definition) is 5. The Morgan fingerprint density at radius 3 is 2.63 bits per heavy atom. The van der Waals surface area contributed by atoms with E-state index in [2.05, 4.69) is 11.9 Å². The molecule has 150 valence electrons. The van der Waals surface area contributed by atoms with Crippen LogP contribution in [-0.4, -0.2) is 66.8 Å². The lowest BCUT2D eigenvalue weighted by molar-refractivity contribution is -0.122. The van der Waals surface area contributed by atoms with E-state index >= 15 is 0 Å². The normalized spacial score (nSPS) is 18.6. The second kappa shape index (κ2) is 8.84. The molecule has 1 fully saturated rings. The van der Waals surface area contributed by atoms with E-state index in [1.54, 1.807) is 11.0 Å². The van der Waals surface area contributed by atoms with Gasteiger partial charge in [-0.2, -0.15) is 0 Å². The number of likely N-dealkylation sites (N-methyl/N-ethyl adjacent to an activating group) is 1. The third kappa shape index (κ3) is 5.52. The first-order valence-electron chi connectivity index (χ1n) is 9.19. The Morgan fingerprint density at radius 2 is 2.07 bits per heavy atom. The van der Waals surface area contributed by atoms with Crippen molar-refractivity contribution in [1.29, 1.82) is 0 Å². The second-order valence-corrected chi connectivity index (χ2v) is 9.31. The van der Waals surface area contributed by atoms with E-state index in [9.17, 15) is 18.0 Å². The first-order valence-corrected chi connectivity index (χ1v) is 11.0. The summed E-state index contributed by atoms with van der Waals surface area (Å²) in [4.78, 5) is 26.7. The van der Waals surface area contributed by atoms with Crippen molar-refractivity contribution in [3.8, 4) is 0 Å². The smallest absolute Gasteiger partial charge is 0.234 e. The van der Waals surface area contributed by atoms with Crippen LogP contribution < -0.4 is 5.32 Å². The summed E-state index contributed by atoms with van der Waals surface area (Å²) in [5.41, 5.74) is 2.56. The van der Waals surface area contributed by atoms with Crippen LogP contribution in [0.5, 0.6) is 0 Å². The van der Waals surface area contributed by atoms with E-state index in [0.717, 1.165) is 11.4 Å². The first kappa shape index (κ1) is 21.4. The molecule has 7 nitrogen and oxygen atoms in total. The highest BCUT2D eigenvalue weighted by Gasteiger charge is 2.29. The number of sulfone groups is 1. The molecule has 2 rings (SSSR count). The summed E-state index contributed by atoms with van der Waals surface area (Å²) in [6.07, 6.45) is 2.24. The Hall–Kier alpha value is -1.93. The van der Waals surface area contributed by atoms with Gasteiger partial charge in [0.15, 0.2) is 15.6 Å². The van der Waals surface area contributed by atoms with Crippen LogP contribution >= 0.6 is 0 Å². The summed E-state index contributed by atoms with van der Waals surface area (Å²) in [6.45, 7) is 10.9. The fourth-order valence-corrected chi connectivity index (χ4v) is 5.12. The van der Waals surface area contributed by atoms with Crippen LogP contribution in [0.4, 0.5) is 0 Å². The minimum absolute atomic E-state index is 0.000907. The number of aromatic nitrogens is 1. The average molecular weight is 396 g/mol. The van der Waals surface area contributed by atoms with Crippen LogP contribution in [0.15, 0.2) is 18.7 Å². The minimum atomic E-state index is -3.03.